The molecule has 0 unspecified atom stereocenters. The number of nitrogens with one attached hydrogen (secondary N) is 2. The van der Waals surface area contributed by atoms with Crippen LogP contribution in [-0.2, 0) is 13.1 Å². The zero-order valence-corrected chi connectivity index (χ0v) is 15.4. The molecule has 0 spiro atoms. The van der Waals surface area contributed by atoms with Crippen LogP contribution in [0.15, 0.2) is 59.7 Å². The number of aromatic nitrogens is 2. The predicted molar refractivity (Wildman–Crippen MR) is 109 cm³/mol. The summed E-state index contributed by atoms with van der Waals surface area (Å²) in [5.41, 5.74) is 9.26. The molecule has 1 fully saturated rings. The Hall–Kier alpha value is -2.86. The minimum absolute atomic E-state index is 0.389. The highest BCUT2D eigenvalue weighted by atomic mass is 15.2. The summed E-state index contributed by atoms with van der Waals surface area (Å²) >= 11 is 0. The van der Waals surface area contributed by atoms with E-state index in [2.05, 4.69) is 61.6 Å². The average molecular weight is 362 g/mol. The predicted octanol–water partition coefficient (Wildman–Crippen LogP) is 2.63. The second kappa shape index (κ2) is 8.22. The maximum atomic E-state index is 6.09. The quantitative estimate of drug-likeness (QED) is 0.481. The number of benzene rings is 1. The lowest BCUT2D eigenvalue weighted by Crippen LogP contribution is -2.46. The molecule has 0 aliphatic carbocycles. The molecule has 0 radical (unpaired) electrons. The largest absolute Gasteiger partial charge is 0.370 e. The monoisotopic (exact) mass is 362 g/mol. The van der Waals surface area contributed by atoms with Crippen LogP contribution in [0.3, 0.4) is 0 Å². The number of nitrogens with two attached hydrogens (primary N) is 1. The van der Waals surface area contributed by atoms with E-state index in [0.29, 0.717) is 18.5 Å². The first-order valence-electron chi connectivity index (χ1n) is 9.52. The molecule has 0 saturated carbocycles. The number of guanidine groups is 1. The van der Waals surface area contributed by atoms with Crippen molar-refractivity contribution in [2.45, 2.75) is 32.0 Å². The lowest BCUT2D eigenvalue weighted by Gasteiger charge is -2.32. The van der Waals surface area contributed by atoms with Crippen molar-refractivity contribution in [3.05, 3.63) is 66.0 Å². The number of H-pyrrole nitrogens is 1. The van der Waals surface area contributed by atoms with Gasteiger partial charge in [0.05, 0.1) is 12.2 Å². The van der Waals surface area contributed by atoms with Crippen LogP contribution in [0.25, 0.3) is 11.0 Å². The summed E-state index contributed by atoms with van der Waals surface area (Å²) in [6.45, 7) is 3.65. The maximum Gasteiger partial charge on any atom is 0.189 e. The van der Waals surface area contributed by atoms with Gasteiger partial charge >= 0.3 is 0 Å². The molecule has 27 heavy (non-hydrogen) atoms. The van der Waals surface area contributed by atoms with Crippen molar-refractivity contribution in [2.24, 2.45) is 10.7 Å². The van der Waals surface area contributed by atoms with Crippen molar-refractivity contribution in [3.63, 3.8) is 0 Å². The first-order valence-corrected chi connectivity index (χ1v) is 9.52. The molecule has 140 valence electrons. The van der Waals surface area contributed by atoms with Crippen molar-refractivity contribution in [1.29, 1.82) is 0 Å². The van der Waals surface area contributed by atoms with Crippen molar-refractivity contribution >= 4 is 17.0 Å². The van der Waals surface area contributed by atoms with Gasteiger partial charge in [-0.05, 0) is 36.6 Å². The second-order valence-electron chi connectivity index (χ2n) is 7.10. The van der Waals surface area contributed by atoms with E-state index in [-0.39, 0.29) is 0 Å². The Morgan fingerprint density at radius 1 is 1.15 bits per heavy atom. The number of nitrogens with zero attached hydrogens (tertiary/aromatic N) is 3. The third kappa shape index (κ3) is 4.65. The van der Waals surface area contributed by atoms with Gasteiger partial charge in [-0.15, -0.1) is 0 Å². The summed E-state index contributed by atoms with van der Waals surface area (Å²) in [5.74, 6) is 0.505. The molecule has 2 aromatic heterocycles. The number of pyridine rings is 1. The molecule has 3 heterocycles. The Kier molecular flexibility index (Phi) is 5.34. The maximum absolute atomic E-state index is 6.09. The van der Waals surface area contributed by atoms with Gasteiger partial charge in [0.2, 0.25) is 0 Å². The third-order valence-electron chi connectivity index (χ3n) is 5.07. The summed E-state index contributed by atoms with van der Waals surface area (Å²) in [6.07, 6.45) is 4.05. The van der Waals surface area contributed by atoms with E-state index in [1.165, 1.54) is 5.56 Å². The van der Waals surface area contributed by atoms with Crippen molar-refractivity contribution in [1.82, 2.24) is 20.2 Å². The van der Waals surface area contributed by atoms with E-state index >= 15 is 0 Å². The lowest BCUT2D eigenvalue weighted by molar-refractivity contribution is 0.199. The number of likely N-dealkylation sites (tertiary alicyclic amines) is 1. The molecule has 1 aliphatic rings. The van der Waals surface area contributed by atoms with Crippen LogP contribution in [0.5, 0.6) is 0 Å². The SMILES string of the molecule is NC(=NCc1ccc2cc[nH]c2n1)NC1CCN(Cc2ccccc2)CC1. The standard InChI is InChI=1S/C21H26N6/c22-21(24-14-19-7-6-17-8-11-23-20(17)25-19)26-18-9-12-27(13-10-18)15-16-4-2-1-3-5-16/h1-8,11,18H,9-10,12-15H2,(H,23,25)(H3,22,24,26). The van der Waals surface area contributed by atoms with Crippen molar-refractivity contribution in [3.8, 4) is 0 Å². The highest BCUT2D eigenvalue weighted by Crippen LogP contribution is 2.14. The third-order valence-corrected chi connectivity index (χ3v) is 5.07. The molecule has 1 aliphatic heterocycles. The molecule has 4 N–H and O–H groups in total. The number of rotatable bonds is 5. The minimum Gasteiger partial charge on any atom is -0.370 e. The zero-order valence-electron chi connectivity index (χ0n) is 15.4. The van der Waals surface area contributed by atoms with Gasteiger partial charge in [0.15, 0.2) is 5.96 Å². The van der Waals surface area contributed by atoms with E-state index in [4.69, 9.17) is 5.73 Å². The Bertz CT molecular complexity index is 893. The van der Waals surface area contributed by atoms with E-state index in [1.807, 2.05) is 18.3 Å². The van der Waals surface area contributed by atoms with Gasteiger partial charge in [-0.3, -0.25) is 4.90 Å². The number of aromatic amines is 1. The number of piperidine rings is 1. The smallest absolute Gasteiger partial charge is 0.189 e. The van der Waals surface area contributed by atoms with E-state index in [1.54, 1.807) is 0 Å². The summed E-state index contributed by atoms with van der Waals surface area (Å²) in [6, 6.07) is 17.1. The normalized spacial score (nSPS) is 16.7. The fourth-order valence-corrected chi connectivity index (χ4v) is 3.56. The Balaban J connectivity index is 1.25. The fraction of sp³-hybridized carbons (Fsp3) is 0.333. The molecule has 0 amide bonds. The van der Waals surface area contributed by atoms with Crippen LogP contribution in [0, 0.1) is 0 Å². The molecule has 4 rings (SSSR count). The number of hydrogen-bond donors (Lipinski definition) is 3. The fourth-order valence-electron chi connectivity index (χ4n) is 3.56. The summed E-state index contributed by atoms with van der Waals surface area (Å²) in [7, 11) is 0. The topological polar surface area (TPSA) is 82.3 Å². The number of fused-ring (bicyclic) bond motifs is 1. The van der Waals surface area contributed by atoms with Crippen molar-refractivity contribution in [2.75, 3.05) is 13.1 Å². The zero-order chi connectivity index (χ0) is 18.5. The molecular weight excluding hydrogens is 336 g/mol. The number of hydrogen-bond acceptors (Lipinski definition) is 3. The lowest BCUT2D eigenvalue weighted by atomic mass is 10.0. The van der Waals surface area contributed by atoms with E-state index in [0.717, 1.165) is 49.2 Å². The van der Waals surface area contributed by atoms with Crippen LogP contribution < -0.4 is 11.1 Å². The highest BCUT2D eigenvalue weighted by Gasteiger charge is 2.19. The molecule has 6 heteroatoms. The van der Waals surface area contributed by atoms with Crippen LogP contribution in [0.4, 0.5) is 0 Å². The molecule has 3 aromatic rings. The van der Waals surface area contributed by atoms with Gasteiger partial charge < -0.3 is 16.0 Å². The second-order valence-corrected chi connectivity index (χ2v) is 7.10. The molecule has 1 saturated heterocycles. The molecule has 0 bridgehead atoms. The van der Waals surface area contributed by atoms with Crippen molar-refractivity contribution < 1.29 is 0 Å². The van der Waals surface area contributed by atoms with Gasteiger partial charge in [-0.2, -0.15) is 0 Å². The Labute approximate surface area is 159 Å². The summed E-state index contributed by atoms with van der Waals surface area (Å²) in [4.78, 5) is 14.6. The minimum atomic E-state index is 0.389. The van der Waals surface area contributed by atoms with Gasteiger partial charge in [0.1, 0.15) is 5.65 Å². The highest BCUT2D eigenvalue weighted by molar-refractivity contribution is 5.78. The Morgan fingerprint density at radius 3 is 2.78 bits per heavy atom. The van der Waals surface area contributed by atoms with Crippen LogP contribution in [0.2, 0.25) is 0 Å². The van der Waals surface area contributed by atoms with E-state index < -0.39 is 0 Å². The van der Waals surface area contributed by atoms with Gasteiger partial charge in [-0.1, -0.05) is 30.3 Å². The molecule has 0 atom stereocenters. The summed E-state index contributed by atoms with van der Waals surface area (Å²) in [5, 5.41) is 4.48. The van der Waals surface area contributed by atoms with Gasteiger partial charge in [0.25, 0.3) is 0 Å². The Morgan fingerprint density at radius 2 is 1.96 bits per heavy atom. The van der Waals surface area contributed by atoms with E-state index in [9.17, 15) is 0 Å². The molecular formula is C21H26N6. The first kappa shape index (κ1) is 17.5. The van der Waals surface area contributed by atoms with Crippen LogP contribution >= 0.6 is 0 Å². The number of aliphatic imine (C=N–C) groups is 1. The van der Waals surface area contributed by atoms with Crippen LogP contribution in [0.1, 0.15) is 24.1 Å². The molecule has 1 aromatic carbocycles. The van der Waals surface area contributed by atoms with Gasteiger partial charge in [0, 0.05) is 37.3 Å². The average Bonchev–Trinajstić information content (AvgIpc) is 3.17. The van der Waals surface area contributed by atoms with Gasteiger partial charge in [-0.25, -0.2) is 9.98 Å². The summed E-state index contributed by atoms with van der Waals surface area (Å²) < 4.78 is 0. The first-order chi connectivity index (χ1) is 13.3. The van der Waals surface area contributed by atoms with Crippen LogP contribution in [-0.4, -0.2) is 40.0 Å². The molecule has 6 nitrogen and oxygen atoms in total.